The fourth-order valence-electron chi connectivity index (χ4n) is 3.18. The highest BCUT2D eigenvalue weighted by Gasteiger charge is 2.26. The molecule has 144 valence electrons. The first-order chi connectivity index (χ1) is 13.0. The highest BCUT2D eigenvalue weighted by Crippen LogP contribution is 2.24. The van der Waals surface area contributed by atoms with E-state index in [1.54, 1.807) is 4.90 Å². The zero-order valence-corrected chi connectivity index (χ0v) is 16.2. The molecule has 2 heterocycles. The summed E-state index contributed by atoms with van der Waals surface area (Å²) in [5, 5.41) is 9.91. The number of carbonyl (C=O) groups excluding carboxylic acids is 1. The van der Waals surface area contributed by atoms with Crippen LogP contribution < -0.4 is 0 Å². The number of nitrogens with zero attached hydrogens (tertiary/aromatic N) is 2. The van der Waals surface area contributed by atoms with Crippen LogP contribution in [0.2, 0.25) is 0 Å². The molecule has 0 unspecified atom stereocenters. The number of benzene rings is 1. The van der Waals surface area contributed by atoms with Crippen LogP contribution in [0, 0.1) is 6.92 Å². The van der Waals surface area contributed by atoms with Crippen LogP contribution in [0.5, 0.6) is 0 Å². The van der Waals surface area contributed by atoms with Gasteiger partial charge in [0.1, 0.15) is 4.88 Å². The molecule has 1 saturated heterocycles. The van der Waals surface area contributed by atoms with Crippen molar-refractivity contribution >= 4 is 23.2 Å². The molecule has 2 aromatic rings. The summed E-state index contributed by atoms with van der Waals surface area (Å²) in [7, 11) is 0. The van der Waals surface area contributed by atoms with E-state index in [1.807, 2.05) is 37.3 Å². The minimum absolute atomic E-state index is 0.0141. The molecule has 1 N–H and O–H groups in total. The Morgan fingerprint density at radius 3 is 2.78 bits per heavy atom. The third-order valence-corrected chi connectivity index (χ3v) is 5.71. The van der Waals surface area contributed by atoms with Gasteiger partial charge >= 0.3 is 5.97 Å². The Labute approximate surface area is 162 Å². The lowest BCUT2D eigenvalue weighted by Gasteiger charge is -2.24. The topological polar surface area (TPSA) is 79.7 Å². The number of hydrogen-bond acceptors (Lipinski definition) is 5. The predicted octanol–water partition coefficient (Wildman–Crippen LogP) is 3.14. The second kappa shape index (κ2) is 9.10. The summed E-state index contributed by atoms with van der Waals surface area (Å²) in [6.07, 6.45) is 2.47. The van der Waals surface area contributed by atoms with Crippen molar-refractivity contribution in [2.75, 3.05) is 19.7 Å². The number of aliphatic carboxylic acids is 1. The first-order valence-electron chi connectivity index (χ1n) is 9.16. The molecule has 1 amide bonds. The Kier molecular flexibility index (Phi) is 6.58. The van der Waals surface area contributed by atoms with Gasteiger partial charge < -0.3 is 14.7 Å². The van der Waals surface area contributed by atoms with Gasteiger partial charge in [0.2, 0.25) is 0 Å². The molecule has 6 nitrogen and oxygen atoms in total. The molecule has 0 radical (unpaired) electrons. The van der Waals surface area contributed by atoms with E-state index >= 15 is 0 Å². The minimum atomic E-state index is -0.911. The van der Waals surface area contributed by atoms with E-state index < -0.39 is 5.97 Å². The van der Waals surface area contributed by atoms with E-state index in [4.69, 9.17) is 9.84 Å². The average Bonchev–Trinajstić information content (AvgIpc) is 3.28. The van der Waals surface area contributed by atoms with Gasteiger partial charge in [0.15, 0.2) is 0 Å². The molecule has 0 saturated carbocycles. The second-order valence-corrected chi connectivity index (χ2v) is 7.80. The van der Waals surface area contributed by atoms with Gasteiger partial charge in [-0.15, -0.1) is 11.3 Å². The summed E-state index contributed by atoms with van der Waals surface area (Å²) in [5.41, 5.74) is 1.84. The van der Waals surface area contributed by atoms with E-state index in [0.717, 1.165) is 23.4 Å². The largest absolute Gasteiger partial charge is 0.481 e. The van der Waals surface area contributed by atoms with Crippen LogP contribution >= 0.6 is 11.3 Å². The monoisotopic (exact) mass is 388 g/mol. The van der Waals surface area contributed by atoms with Crippen molar-refractivity contribution in [3.8, 4) is 0 Å². The van der Waals surface area contributed by atoms with Crippen molar-refractivity contribution in [3.63, 3.8) is 0 Å². The zero-order valence-electron chi connectivity index (χ0n) is 15.4. The molecule has 0 bridgehead atoms. The van der Waals surface area contributed by atoms with Gasteiger partial charge in [0.05, 0.1) is 23.2 Å². The van der Waals surface area contributed by atoms with E-state index in [2.05, 4.69) is 4.98 Å². The van der Waals surface area contributed by atoms with Gasteiger partial charge in [0, 0.05) is 26.1 Å². The standard InChI is InChI=1S/C20H24N2O4S/c1-14-19(27-17(21-14)12-15-6-3-2-4-7-15)20(25)22(10-9-18(23)24)13-16-8-5-11-26-16/h2-4,6-7,16H,5,8-13H2,1H3,(H,23,24)/t16-/m1/s1. The lowest BCUT2D eigenvalue weighted by atomic mass is 10.2. The fraction of sp³-hybridized carbons (Fsp3) is 0.450. The second-order valence-electron chi connectivity index (χ2n) is 6.71. The van der Waals surface area contributed by atoms with Crippen LogP contribution in [-0.2, 0) is 16.0 Å². The summed E-state index contributed by atoms with van der Waals surface area (Å²) in [4.78, 5) is 30.8. The lowest BCUT2D eigenvalue weighted by Crippen LogP contribution is -2.38. The van der Waals surface area contributed by atoms with Crippen molar-refractivity contribution in [2.24, 2.45) is 0 Å². The molecule has 1 aromatic heterocycles. The number of thiazole rings is 1. The summed E-state index contributed by atoms with van der Waals surface area (Å²) in [6, 6.07) is 10.0. The van der Waals surface area contributed by atoms with Crippen molar-refractivity contribution in [1.82, 2.24) is 9.88 Å². The Morgan fingerprint density at radius 1 is 1.33 bits per heavy atom. The smallest absolute Gasteiger partial charge is 0.305 e. The molecule has 1 fully saturated rings. The maximum atomic E-state index is 13.1. The quantitative estimate of drug-likeness (QED) is 0.751. The van der Waals surface area contributed by atoms with Crippen LogP contribution in [0.1, 0.15) is 45.2 Å². The Balaban J connectivity index is 1.74. The van der Waals surface area contributed by atoms with E-state index in [1.165, 1.54) is 11.3 Å². The van der Waals surface area contributed by atoms with Crippen LogP contribution in [0.3, 0.4) is 0 Å². The Hall–Kier alpha value is -2.25. The van der Waals surface area contributed by atoms with Crippen LogP contribution in [-0.4, -0.2) is 52.7 Å². The number of aromatic nitrogens is 1. The number of carbonyl (C=O) groups is 2. The van der Waals surface area contributed by atoms with Crippen molar-refractivity contribution < 1.29 is 19.4 Å². The number of rotatable bonds is 8. The Bertz CT molecular complexity index is 785. The maximum absolute atomic E-state index is 13.1. The van der Waals surface area contributed by atoms with Gasteiger partial charge in [-0.2, -0.15) is 0 Å². The molecule has 1 aliphatic rings. The van der Waals surface area contributed by atoms with Crippen LogP contribution in [0.4, 0.5) is 0 Å². The molecule has 3 rings (SSSR count). The van der Waals surface area contributed by atoms with Gasteiger partial charge in [0.25, 0.3) is 5.91 Å². The number of ether oxygens (including phenoxy) is 1. The van der Waals surface area contributed by atoms with Gasteiger partial charge in [-0.25, -0.2) is 4.98 Å². The lowest BCUT2D eigenvalue weighted by molar-refractivity contribution is -0.137. The highest BCUT2D eigenvalue weighted by molar-refractivity contribution is 7.13. The number of carboxylic acids is 1. The van der Waals surface area contributed by atoms with Crippen LogP contribution in [0.25, 0.3) is 0 Å². The van der Waals surface area contributed by atoms with E-state index in [9.17, 15) is 9.59 Å². The minimum Gasteiger partial charge on any atom is -0.481 e. The third-order valence-electron chi connectivity index (χ3n) is 4.56. The molecular formula is C20H24N2O4S. The summed E-state index contributed by atoms with van der Waals surface area (Å²) >= 11 is 1.39. The van der Waals surface area contributed by atoms with Crippen molar-refractivity contribution in [2.45, 2.75) is 38.7 Å². The molecule has 1 atom stereocenters. The number of carboxylic acid groups (broad SMARTS) is 1. The average molecular weight is 388 g/mol. The summed E-state index contributed by atoms with van der Waals surface area (Å²) in [5.74, 6) is -1.06. The molecule has 7 heteroatoms. The van der Waals surface area contributed by atoms with Gasteiger partial charge in [-0.3, -0.25) is 9.59 Å². The number of hydrogen-bond donors (Lipinski definition) is 1. The molecule has 1 aromatic carbocycles. The SMILES string of the molecule is Cc1nc(Cc2ccccc2)sc1C(=O)N(CCC(=O)O)C[C@H]1CCCO1. The highest BCUT2D eigenvalue weighted by atomic mass is 32.1. The number of aryl methyl sites for hydroxylation is 1. The van der Waals surface area contributed by atoms with Crippen molar-refractivity contribution in [1.29, 1.82) is 0 Å². The molecular weight excluding hydrogens is 364 g/mol. The Morgan fingerprint density at radius 2 is 2.11 bits per heavy atom. The van der Waals surface area contributed by atoms with Crippen molar-refractivity contribution in [3.05, 3.63) is 51.5 Å². The van der Waals surface area contributed by atoms with Crippen LogP contribution in [0.15, 0.2) is 30.3 Å². The first-order valence-corrected chi connectivity index (χ1v) is 9.97. The molecule has 1 aliphatic heterocycles. The van der Waals surface area contributed by atoms with Gasteiger partial charge in [-0.05, 0) is 25.3 Å². The summed E-state index contributed by atoms with van der Waals surface area (Å²) in [6.45, 7) is 3.14. The normalized spacial score (nSPS) is 16.4. The third kappa shape index (κ3) is 5.37. The van der Waals surface area contributed by atoms with Gasteiger partial charge in [-0.1, -0.05) is 30.3 Å². The molecule has 0 spiro atoms. The first kappa shape index (κ1) is 19.5. The number of amides is 1. The zero-order chi connectivity index (χ0) is 19.2. The fourth-order valence-corrected chi connectivity index (χ4v) is 4.25. The maximum Gasteiger partial charge on any atom is 0.305 e. The van der Waals surface area contributed by atoms with E-state index in [0.29, 0.717) is 30.1 Å². The predicted molar refractivity (Wildman–Crippen MR) is 103 cm³/mol. The van der Waals surface area contributed by atoms with E-state index in [-0.39, 0.29) is 25.0 Å². The molecule has 27 heavy (non-hydrogen) atoms. The molecule has 0 aliphatic carbocycles. The summed E-state index contributed by atoms with van der Waals surface area (Å²) < 4.78 is 5.64.